The maximum Gasteiger partial charge on any atom is 0.307 e. The Morgan fingerprint density at radius 3 is 2.57 bits per heavy atom. The van der Waals surface area contributed by atoms with Crippen molar-refractivity contribution in [3.8, 4) is 11.8 Å². The summed E-state index contributed by atoms with van der Waals surface area (Å²) in [5, 5.41) is 17.7. The summed E-state index contributed by atoms with van der Waals surface area (Å²) in [7, 11) is 0. The van der Waals surface area contributed by atoms with E-state index in [9.17, 15) is 4.79 Å². The van der Waals surface area contributed by atoms with Crippen molar-refractivity contribution in [3.05, 3.63) is 59.2 Å². The maximum atomic E-state index is 10.8. The van der Waals surface area contributed by atoms with Crippen LogP contribution in [0.15, 0.2) is 42.5 Å². The first-order valence-corrected chi connectivity index (χ1v) is 6.31. The molecule has 0 fully saturated rings. The first-order chi connectivity index (χ1) is 10.1. The minimum absolute atomic E-state index is 0.0532. The van der Waals surface area contributed by atoms with E-state index in [1.54, 1.807) is 30.3 Å². The summed E-state index contributed by atoms with van der Waals surface area (Å²) in [4.78, 5) is 10.8. The standard InChI is InChI=1S/C16H14N2O3/c17-9-11-5-6-15(14(18)7-11)21-10-13-4-2-1-3-12(13)8-16(19)20/h1-7H,8,10,18H2,(H,19,20). The van der Waals surface area contributed by atoms with Gasteiger partial charge in [0.05, 0.1) is 23.7 Å². The molecule has 2 aromatic rings. The number of carboxylic acid groups (broad SMARTS) is 1. The van der Waals surface area contributed by atoms with Crippen LogP contribution in [0.4, 0.5) is 5.69 Å². The molecule has 106 valence electrons. The Balaban J connectivity index is 2.13. The molecule has 0 atom stereocenters. The second-order valence-corrected chi connectivity index (χ2v) is 4.49. The van der Waals surface area contributed by atoms with Crippen LogP contribution in [0.1, 0.15) is 16.7 Å². The van der Waals surface area contributed by atoms with Gasteiger partial charge in [-0.25, -0.2) is 0 Å². The van der Waals surface area contributed by atoms with Gasteiger partial charge in [0.2, 0.25) is 0 Å². The summed E-state index contributed by atoms with van der Waals surface area (Å²) < 4.78 is 5.62. The highest BCUT2D eigenvalue weighted by atomic mass is 16.5. The number of hydrogen-bond donors (Lipinski definition) is 2. The number of anilines is 1. The molecule has 0 aromatic heterocycles. The van der Waals surface area contributed by atoms with Gasteiger partial charge in [-0.2, -0.15) is 5.26 Å². The van der Waals surface area contributed by atoms with E-state index in [-0.39, 0.29) is 13.0 Å². The Kier molecular flexibility index (Phi) is 4.42. The molecular formula is C16H14N2O3. The Hall–Kier alpha value is -3.00. The molecule has 0 aliphatic rings. The quantitative estimate of drug-likeness (QED) is 0.820. The fourth-order valence-electron chi connectivity index (χ4n) is 1.94. The molecule has 3 N–H and O–H groups in total. The fourth-order valence-corrected chi connectivity index (χ4v) is 1.94. The van der Waals surface area contributed by atoms with Gasteiger partial charge in [-0.05, 0) is 29.3 Å². The number of carboxylic acids is 1. The molecule has 2 aromatic carbocycles. The third-order valence-electron chi connectivity index (χ3n) is 2.98. The van der Waals surface area contributed by atoms with Gasteiger partial charge in [0.25, 0.3) is 0 Å². The molecule has 0 heterocycles. The summed E-state index contributed by atoms with van der Waals surface area (Å²) in [6.07, 6.45) is -0.0532. The van der Waals surface area contributed by atoms with E-state index in [1.807, 2.05) is 18.2 Å². The van der Waals surface area contributed by atoms with E-state index in [0.717, 1.165) is 5.56 Å². The number of nitriles is 1. The normalized spacial score (nSPS) is 9.86. The molecule has 5 heteroatoms. The lowest BCUT2D eigenvalue weighted by Gasteiger charge is -2.11. The van der Waals surface area contributed by atoms with Crippen molar-refractivity contribution in [2.75, 3.05) is 5.73 Å². The van der Waals surface area contributed by atoms with E-state index in [4.69, 9.17) is 20.8 Å². The minimum atomic E-state index is -0.889. The molecule has 0 saturated heterocycles. The number of nitrogens with two attached hydrogens (primary N) is 1. The third-order valence-corrected chi connectivity index (χ3v) is 2.98. The van der Waals surface area contributed by atoms with Crippen molar-refractivity contribution < 1.29 is 14.6 Å². The van der Waals surface area contributed by atoms with Gasteiger partial charge in [-0.15, -0.1) is 0 Å². The Morgan fingerprint density at radius 1 is 1.24 bits per heavy atom. The van der Waals surface area contributed by atoms with Crippen LogP contribution in [0.5, 0.6) is 5.75 Å². The number of carbonyl (C=O) groups is 1. The second-order valence-electron chi connectivity index (χ2n) is 4.49. The lowest BCUT2D eigenvalue weighted by molar-refractivity contribution is -0.136. The van der Waals surface area contributed by atoms with Crippen LogP contribution < -0.4 is 10.5 Å². The van der Waals surface area contributed by atoms with Crippen molar-refractivity contribution in [1.29, 1.82) is 5.26 Å². The average molecular weight is 282 g/mol. The molecule has 5 nitrogen and oxygen atoms in total. The summed E-state index contributed by atoms with van der Waals surface area (Å²) in [5.41, 5.74) is 8.15. The molecule has 0 saturated carbocycles. The number of ether oxygens (including phenoxy) is 1. The van der Waals surface area contributed by atoms with E-state index >= 15 is 0 Å². The second kappa shape index (κ2) is 6.44. The third kappa shape index (κ3) is 3.74. The first kappa shape index (κ1) is 14.4. The first-order valence-electron chi connectivity index (χ1n) is 6.31. The summed E-state index contributed by atoms with van der Waals surface area (Å²) >= 11 is 0. The number of nitrogens with zero attached hydrogens (tertiary/aromatic N) is 1. The molecule has 0 bridgehead atoms. The van der Waals surface area contributed by atoms with Gasteiger partial charge in [0, 0.05) is 0 Å². The Bertz CT molecular complexity index is 705. The SMILES string of the molecule is N#Cc1ccc(OCc2ccccc2CC(=O)O)c(N)c1. The molecule has 2 rings (SSSR count). The van der Waals surface area contributed by atoms with Crippen LogP contribution in [-0.2, 0) is 17.8 Å². The minimum Gasteiger partial charge on any atom is -0.487 e. The predicted octanol–water partition coefficient (Wildman–Crippen LogP) is 2.35. The van der Waals surface area contributed by atoms with E-state index in [2.05, 4.69) is 0 Å². The molecular weight excluding hydrogens is 268 g/mol. The molecule has 0 aliphatic carbocycles. The highest BCUT2D eigenvalue weighted by molar-refractivity contribution is 5.70. The van der Waals surface area contributed by atoms with Crippen molar-refractivity contribution in [2.24, 2.45) is 0 Å². The van der Waals surface area contributed by atoms with E-state index < -0.39 is 5.97 Å². The van der Waals surface area contributed by atoms with Gasteiger partial charge >= 0.3 is 5.97 Å². The monoisotopic (exact) mass is 282 g/mol. The van der Waals surface area contributed by atoms with Crippen LogP contribution in [0.3, 0.4) is 0 Å². The van der Waals surface area contributed by atoms with Crippen LogP contribution in [0.25, 0.3) is 0 Å². The van der Waals surface area contributed by atoms with Crippen molar-refractivity contribution in [3.63, 3.8) is 0 Å². The zero-order valence-corrected chi connectivity index (χ0v) is 11.2. The van der Waals surface area contributed by atoms with Gasteiger partial charge in [-0.1, -0.05) is 24.3 Å². The molecule has 0 radical (unpaired) electrons. The highest BCUT2D eigenvalue weighted by Gasteiger charge is 2.08. The van der Waals surface area contributed by atoms with Gasteiger partial charge < -0.3 is 15.6 Å². The van der Waals surface area contributed by atoms with Crippen molar-refractivity contribution in [1.82, 2.24) is 0 Å². The van der Waals surface area contributed by atoms with Crippen molar-refractivity contribution >= 4 is 11.7 Å². The van der Waals surface area contributed by atoms with Crippen molar-refractivity contribution in [2.45, 2.75) is 13.0 Å². The number of hydrogen-bond acceptors (Lipinski definition) is 4. The Morgan fingerprint density at radius 2 is 1.95 bits per heavy atom. The number of benzene rings is 2. The number of rotatable bonds is 5. The van der Waals surface area contributed by atoms with Crippen LogP contribution in [-0.4, -0.2) is 11.1 Å². The molecule has 0 unspecified atom stereocenters. The lowest BCUT2D eigenvalue weighted by atomic mass is 10.1. The highest BCUT2D eigenvalue weighted by Crippen LogP contribution is 2.24. The predicted molar refractivity (Wildman–Crippen MR) is 77.7 cm³/mol. The van der Waals surface area contributed by atoms with E-state index in [0.29, 0.717) is 22.6 Å². The smallest absolute Gasteiger partial charge is 0.307 e. The average Bonchev–Trinajstić information content (AvgIpc) is 2.46. The van der Waals surface area contributed by atoms with Crippen LogP contribution >= 0.6 is 0 Å². The summed E-state index contributed by atoms with van der Waals surface area (Å²) in [6, 6.07) is 14.0. The summed E-state index contributed by atoms with van der Waals surface area (Å²) in [5.74, 6) is -0.417. The van der Waals surface area contributed by atoms with Gasteiger partial charge in [0.1, 0.15) is 12.4 Å². The van der Waals surface area contributed by atoms with Crippen LogP contribution in [0, 0.1) is 11.3 Å². The fraction of sp³-hybridized carbons (Fsp3) is 0.125. The maximum absolute atomic E-state index is 10.8. The zero-order valence-electron chi connectivity index (χ0n) is 11.2. The molecule has 0 aliphatic heterocycles. The lowest BCUT2D eigenvalue weighted by Crippen LogP contribution is -2.06. The van der Waals surface area contributed by atoms with E-state index in [1.165, 1.54) is 0 Å². The van der Waals surface area contributed by atoms with Gasteiger partial charge in [-0.3, -0.25) is 4.79 Å². The molecule has 0 spiro atoms. The number of aliphatic carboxylic acids is 1. The largest absolute Gasteiger partial charge is 0.487 e. The van der Waals surface area contributed by atoms with Crippen LogP contribution in [0.2, 0.25) is 0 Å². The topological polar surface area (TPSA) is 96.3 Å². The molecule has 21 heavy (non-hydrogen) atoms. The molecule has 0 amide bonds. The summed E-state index contributed by atoms with van der Waals surface area (Å²) in [6.45, 7) is 0.222. The zero-order chi connectivity index (χ0) is 15.2. The number of nitrogen functional groups attached to an aromatic ring is 1. The Labute approximate surface area is 122 Å². The van der Waals surface area contributed by atoms with Gasteiger partial charge in [0.15, 0.2) is 0 Å².